The van der Waals surface area contributed by atoms with Crippen LogP contribution in [-0.2, 0) is 9.53 Å². The fourth-order valence-corrected chi connectivity index (χ4v) is 1.48. The van der Waals surface area contributed by atoms with Gasteiger partial charge in [-0.15, -0.1) is 0 Å². The molecule has 1 aromatic heterocycles. The second-order valence-corrected chi connectivity index (χ2v) is 4.28. The number of rotatable bonds is 5. The van der Waals surface area contributed by atoms with Crippen molar-refractivity contribution >= 4 is 23.5 Å². The highest BCUT2D eigenvalue weighted by molar-refractivity contribution is 6.29. The number of carbonyl (C=O) groups is 2. The zero-order chi connectivity index (χ0) is 16.0. The second kappa shape index (κ2) is 7.21. The van der Waals surface area contributed by atoms with E-state index >= 15 is 0 Å². The van der Waals surface area contributed by atoms with E-state index in [1.807, 2.05) is 0 Å². The Morgan fingerprint density at radius 3 is 2.48 bits per heavy atom. The van der Waals surface area contributed by atoms with Crippen LogP contribution in [0.5, 0.6) is 0 Å². The van der Waals surface area contributed by atoms with Gasteiger partial charge in [0, 0.05) is 6.54 Å². The van der Waals surface area contributed by atoms with Crippen LogP contribution in [0.25, 0.3) is 0 Å². The quantitative estimate of drug-likeness (QED) is 0.770. The average Bonchev–Trinajstić information content (AvgIpc) is 2.42. The molecular weight excluding hydrogens is 315 g/mol. The molecule has 0 N–H and O–H groups in total. The van der Waals surface area contributed by atoms with Gasteiger partial charge in [-0.3, -0.25) is 9.59 Å². The highest BCUT2D eigenvalue weighted by atomic mass is 35.5. The topological polar surface area (TPSA) is 72.4 Å². The zero-order valence-corrected chi connectivity index (χ0v) is 11.6. The summed E-state index contributed by atoms with van der Waals surface area (Å²) >= 11 is 5.48. The van der Waals surface area contributed by atoms with Crippen molar-refractivity contribution in [3.8, 4) is 0 Å². The first-order valence-corrected chi connectivity index (χ1v) is 6.01. The number of halogens is 4. The maximum Gasteiger partial charge on any atom is 0.406 e. The van der Waals surface area contributed by atoms with Gasteiger partial charge in [-0.1, -0.05) is 11.6 Å². The highest BCUT2D eigenvalue weighted by Gasteiger charge is 2.34. The molecule has 0 spiro atoms. The molecule has 0 unspecified atom stereocenters. The molecule has 0 radical (unpaired) electrons. The fourth-order valence-electron chi connectivity index (χ4n) is 1.38. The summed E-state index contributed by atoms with van der Waals surface area (Å²) in [7, 11) is 1.10. The Hall–Kier alpha value is -1.90. The predicted octanol–water partition coefficient (Wildman–Crippen LogP) is 1.70. The number of methoxy groups -OCH3 is 1. The molecule has 116 valence electrons. The number of alkyl halides is 3. The molecule has 0 aliphatic carbocycles. The summed E-state index contributed by atoms with van der Waals surface area (Å²) in [5, 5.41) is 0.00322. The van der Waals surface area contributed by atoms with Gasteiger partial charge in [-0.25, -0.2) is 9.97 Å². The monoisotopic (exact) mass is 325 g/mol. The van der Waals surface area contributed by atoms with Gasteiger partial charge in [-0.2, -0.15) is 13.2 Å². The Morgan fingerprint density at radius 2 is 2.00 bits per heavy atom. The van der Waals surface area contributed by atoms with Gasteiger partial charge in [0.1, 0.15) is 17.4 Å². The molecule has 10 heteroatoms. The van der Waals surface area contributed by atoms with Crippen LogP contribution in [0.3, 0.4) is 0 Å². The molecule has 1 rings (SSSR count). The molecule has 21 heavy (non-hydrogen) atoms. The van der Waals surface area contributed by atoms with Crippen molar-refractivity contribution in [1.82, 2.24) is 14.9 Å². The van der Waals surface area contributed by atoms with E-state index in [0.29, 0.717) is 4.90 Å². The molecule has 0 saturated carbocycles. The summed E-state index contributed by atoms with van der Waals surface area (Å²) < 4.78 is 41.8. The van der Waals surface area contributed by atoms with Gasteiger partial charge in [-0.05, 0) is 0 Å². The summed E-state index contributed by atoms with van der Waals surface area (Å²) in [6.45, 7) is -1.96. The minimum atomic E-state index is -4.61. The van der Waals surface area contributed by atoms with Crippen LogP contribution in [0.2, 0.25) is 5.15 Å². The van der Waals surface area contributed by atoms with Crippen LogP contribution in [0, 0.1) is 0 Å². The number of aromatic nitrogens is 2. The van der Waals surface area contributed by atoms with Crippen molar-refractivity contribution in [3.05, 3.63) is 23.2 Å². The highest BCUT2D eigenvalue weighted by Crippen LogP contribution is 2.18. The lowest BCUT2D eigenvalue weighted by molar-refractivity contribution is -0.147. The third-order valence-corrected chi connectivity index (χ3v) is 2.51. The van der Waals surface area contributed by atoms with Gasteiger partial charge >= 0.3 is 12.1 Å². The van der Waals surface area contributed by atoms with Crippen LogP contribution in [0.4, 0.5) is 13.2 Å². The number of carbonyl (C=O) groups excluding carboxylic acids is 2. The third-order valence-electron chi connectivity index (χ3n) is 2.31. The second-order valence-electron chi connectivity index (χ2n) is 3.89. The molecule has 0 saturated heterocycles. The Bertz CT molecular complexity index is 508. The van der Waals surface area contributed by atoms with E-state index in [1.165, 1.54) is 0 Å². The van der Waals surface area contributed by atoms with E-state index in [1.54, 1.807) is 0 Å². The van der Waals surface area contributed by atoms with E-state index in [4.69, 9.17) is 11.6 Å². The Balaban J connectivity index is 2.86. The molecule has 0 aliphatic rings. The number of ether oxygens (including phenoxy) is 1. The van der Waals surface area contributed by atoms with Crippen LogP contribution in [-0.4, -0.2) is 53.1 Å². The lowest BCUT2D eigenvalue weighted by Crippen LogP contribution is -2.40. The number of esters is 1. The van der Waals surface area contributed by atoms with Gasteiger partial charge in [0.2, 0.25) is 0 Å². The maximum absolute atomic E-state index is 12.5. The van der Waals surface area contributed by atoms with Crippen molar-refractivity contribution in [2.24, 2.45) is 0 Å². The zero-order valence-electron chi connectivity index (χ0n) is 10.9. The minimum absolute atomic E-state index is 0.00322. The van der Waals surface area contributed by atoms with E-state index in [9.17, 15) is 22.8 Å². The number of hydrogen-bond acceptors (Lipinski definition) is 5. The molecule has 6 nitrogen and oxygen atoms in total. The van der Waals surface area contributed by atoms with Gasteiger partial charge in [0.15, 0.2) is 0 Å². The normalized spacial score (nSPS) is 11.1. The third kappa shape index (κ3) is 5.94. The molecule has 0 atom stereocenters. The molecular formula is C11H11ClF3N3O3. The van der Waals surface area contributed by atoms with Crippen molar-refractivity contribution < 1.29 is 27.5 Å². The lowest BCUT2D eigenvalue weighted by atomic mass is 10.3. The van der Waals surface area contributed by atoms with Crippen molar-refractivity contribution in [2.75, 3.05) is 20.2 Å². The summed E-state index contributed by atoms with van der Waals surface area (Å²) in [6.07, 6.45) is -2.96. The van der Waals surface area contributed by atoms with Crippen molar-refractivity contribution in [1.29, 1.82) is 0 Å². The van der Waals surface area contributed by atoms with Crippen LogP contribution in [0.1, 0.15) is 16.9 Å². The van der Waals surface area contributed by atoms with E-state index in [2.05, 4.69) is 14.7 Å². The molecule has 1 aromatic rings. The summed E-state index contributed by atoms with van der Waals surface area (Å²) in [5.41, 5.74) is -0.298. The number of nitrogens with zero attached hydrogens (tertiary/aromatic N) is 3. The molecule has 1 amide bonds. The van der Waals surface area contributed by atoms with Gasteiger partial charge in [0.05, 0.1) is 25.9 Å². The van der Waals surface area contributed by atoms with E-state index in [-0.39, 0.29) is 17.3 Å². The first-order chi connectivity index (χ1) is 9.73. The van der Waals surface area contributed by atoms with Crippen LogP contribution in [0.15, 0.2) is 12.4 Å². The average molecular weight is 326 g/mol. The fraction of sp³-hybridized carbons (Fsp3) is 0.455. The molecule has 0 fully saturated rings. The molecule has 0 aliphatic heterocycles. The van der Waals surface area contributed by atoms with E-state index < -0.39 is 31.1 Å². The molecule has 1 heterocycles. The van der Waals surface area contributed by atoms with E-state index in [0.717, 1.165) is 19.5 Å². The Labute approximate surface area is 122 Å². The largest absolute Gasteiger partial charge is 0.469 e. The van der Waals surface area contributed by atoms with Crippen molar-refractivity contribution in [2.45, 2.75) is 12.6 Å². The minimum Gasteiger partial charge on any atom is -0.469 e. The number of amides is 1. The van der Waals surface area contributed by atoms with Crippen LogP contribution >= 0.6 is 11.6 Å². The van der Waals surface area contributed by atoms with Gasteiger partial charge < -0.3 is 9.64 Å². The van der Waals surface area contributed by atoms with Crippen molar-refractivity contribution in [3.63, 3.8) is 0 Å². The predicted molar refractivity (Wildman–Crippen MR) is 65.6 cm³/mol. The Kier molecular flexibility index (Phi) is 5.89. The molecule has 0 aromatic carbocycles. The SMILES string of the molecule is COC(=O)CCN(CC(F)(F)F)C(=O)c1cnc(Cl)cn1. The summed E-state index contributed by atoms with van der Waals surface area (Å²) in [4.78, 5) is 30.6. The first-order valence-electron chi connectivity index (χ1n) is 5.63. The Morgan fingerprint density at radius 1 is 1.33 bits per heavy atom. The summed E-state index contributed by atoms with van der Waals surface area (Å²) in [6, 6.07) is 0. The maximum atomic E-state index is 12.5. The smallest absolute Gasteiger partial charge is 0.406 e. The van der Waals surface area contributed by atoms with Crippen LogP contribution < -0.4 is 0 Å². The molecule has 0 bridgehead atoms. The van der Waals surface area contributed by atoms with Gasteiger partial charge in [0.25, 0.3) is 5.91 Å². The standard InChI is InChI=1S/C11H11ClF3N3O3/c1-21-9(19)2-3-18(6-11(13,14)15)10(20)7-4-17-8(12)5-16-7/h4-5H,2-3,6H2,1H3. The first kappa shape index (κ1) is 17.2. The summed E-state index contributed by atoms with van der Waals surface area (Å²) in [5.74, 6) is -1.72. The number of hydrogen-bond donors (Lipinski definition) is 0. The lowest BCUT2D eigenvalue weighted by Gasteiger charge is -2.23.